The van der Waals surface area contributed by atoms with Gasteiger partial charge >= 0.3 is 0 Å². The van der Waals surface area contributed by atoms with Gasteiger partial charge in [-0.2, -0.15) is 0 Å². The summed E-state index contributed by atoms with van der Waals surface area (Å²) >= 11 is 0. The molecule has 0 spiro atoms. The molecule has 1 aromatic carbocycles. The Morgan fingerprint density at radius 1 is 1.12 bits per heavy atom. The number of nitrogens with one attached hydrogen (secondary N) is 1. The molecular weight excluding hydrogens is 210 g/mol. The Kier molecular flexibility index (Phi) is 6.06. The molecule has 0 radical (unpaired) electrons. The monoisotopic (exact) mass is 235 g/mol. The molecule has 1 rings (SSSR count). The van der Waals surface area contributed by atoms with Gasteiger partial charge in [-0.05, 0) is 56.5 Å². The van der Waals surface area contributed by atoms with Gasteiger partial charge in [0.25, 0.3) is 0 Å². The Hall–Kier alpha value is -1.02. The van der Waals surface area contributed by atoms with Crippen LogP contribution in [0.5, 0.6) is 5.75 Å². The van der Waals surface area contributed by atoms with Crippen molar-refractivity contribution in [3.63, 3.8) is 0 Å². The highest BCUT2D eigenvalue weighted by Crippen LogP contribution is 2.16. The lowest BCUT2D eigenvalue weighted by molar-refractivity contribution is 0.305. The first-order chi connectivity index (χ1) is 8.09. The van der Waals surface area contributed by atoms with E-state index in [1.54, 1.807) is 0 Å². The van der Waals surface area contributed by atoms with Crippen LogP contribution in [-0.4, -0.2) is 19.2 Å². The molecule has 1 aromatic rings. The zero-order chi connectivity index (χ0) is 12.7. The molecule has 0 fully saturated rings. The minimum absolute atomic E-state index is 0.579. The molecular formula is C15H25NO. The van der Waals surface area contributed by atoms with Crippen molar-refractivity contribution in [2.75, 3.05) is 13.2 Å². The Balaban J connectivity index is 2.16. The summed E-state index contributed by atoms with van der Waals surface area (Å²) in [5.74, 6) is 0.991. The van der Waals surface area contributed by atoms with Crippen molar-refractivity contribution in [3.05, 3.63) is 29.3 Å². The lowest BCUT2D eigenvalue weighted by Gasteiger charge is -2.09. The maximum Gasteiger partial charge on any atom is 0.119 e. The summed E-state index contributed by atoms with van der Waals surface area (Å²) in [6, 6.07) is 6.86. The first-order valence-corrected chi connectivity index (χ1v) is 6.53. The summed E-state index contributed by atoms with van der Waals surface area (Å²) in [5.41, 5.74) is 2.61. The predicted molar refractivity (Wildman–Crippen MR) is 73.8 cm³/mol. The van der Waals surface area contributed by atoms with Crippen LogP contribution in [0.3, 0.4) is 0 Å². The van der Waals surface area contributed by atoms with E-state index in [9.17, 15) is 0 Å². The molecule has 1 N–H and O–H groups in total. The molecule has 0 aromatic heterocycles. The largest absolute Gasteiger partial charge is 0.494 e. The Labute approximate surface area is 105 Å². The molecule has 0 bridgehead atoms. The van der Waals surface area contributed by atoms with Crippen molar-refractivity contribution < 1.29 is 4.74 Å². The van der Waals surface area contributed by atoms with E-state index in [2.05, 4.69) is 51.2 Å². The van der Waals surface area contributed by atoms with Crippen molar-refractivity contribution in [3.8, 4) is 5.75 Å². The molecule has 17 heavy (non-hydrogen) atoms. The van der Waals surface area contributed by atoms with Crippen molar-refractivity contribution >= 4 is 0 Å². The van der Waals surface area contributed by atoms with Crippen molar-refractivity contribution in [2.45, 2.75) is 46.6 Å². The Morgan fingerprint density at radius 3 is 2.53 bits per heavy atom. The zero-order valence-electron chi connectivity index (χ0n) is 11.5. The maximum atomic E-state index is 5.72. The van der Waals surface area contributed by atoms with E-state index in [0.717, 1.165) is 25.3 Å². The quantitative estimate of drug-likeness (QED) is 0.731. The van der Waals surface area contributed by atoms with Crippen LogP contribution in [-0.2, 0) is 0 Å². The van der Waals surface area contributed by atoms with E-state index in [1.165, 1.54) is 17.5 Å². The van der Waals surface area contributed by atoms with Gasteiger partial charge in [-0.3, -0.25) is 0 Å². The SMILES string of the molecule is Cc1ccc(OCCCCNC(C)C)cc1C. The molecule has 2 nitrogen and oxygen atoms in total. The first kappa shape index (κ1) is 14.0. The smallest absolute Gasteiger partial charge is 0.119 e. The van der Waals surface area contributed by atoms with Crippen LogP contribution >= 0.6 is 0 Å². The average Bonchev–Trinajstić information content (AvgIpc) is 2.27. The van der Waals surface area contributed by atoms with E-state index < -0.39 is 0 Å². The molecule has 0 aliphatic rings. The van der Waals surface area contributed by atoms with Crippen LogP contribution in [0.1, 0.15) is 37.8 Å². The minimum atomic E-state index is 0.579. The molecule has 0 amide bonds. The molecule has 0 saturated carbocycles. The highest BCUT2D eigenvalue weighted by molar-refractivity contribution is 5.33. The van der Waals surface area contributed by atoms with Crippen molar-refractivity contribution in [2.24, 2.45) is 0 Å². The number of hydrogen-bond acceptors (Lipinski definition) is 2. The molecule has 0 aliphatic heterocycles. The fourth-order valence-corrected chi connectivity index (χ4v) is 1.61. The molecule has 0 unspecified atom stereocenters. The van der Waals surface area contributed by atoms with Gasteiger partial charge in [-0.1, -0.05) is 19.9 Å². The van der Waals surface area contributed by atoms with Gasteiger partial charge in [0, 0.05) is 6.04 Å². The van der Waals surface area contributed by atoms with Gasteiger partial charge in [0.1, 0.15) is 5.75 Å². The van der Waals surface area contributed by atoms with Crippen LogP contribution in [0.4, 0.5) is 0 Å². The van der Waals surface area contributed by atoms with Crippen LogP contribution in [0.2, 0.25) is 0 Å². The number of unbranched alkanes of at least 4 members (excludes halogenated alkanes) is 1. The number of ether oxygens (including phenoxy) is 1. The third kappa shape index (κ3) is 5.73. The summed E-state index contributed by atoms with van der Waals surface area (Å²) in [4.78, 5) is 0. The van der Waals surface area contributed by atoms with E-state index in [-0.39, 0.29) is 0 Å². The van der Waals surface area contributed by atoms with Gasteiger partial charge < -0.3 is 10.1 Å². The lowest BCUT2D eigenvalue weighted by atomic mass is 10.1. The molecule has 0 heterocycles. The Morgan fingerprint density at radius 2 is 1.88 bits per heavy atom. The number of aryl methyl sites for hydroxylation is 2. The fraction of sp³-hybridized carbons (Fsp3) is 0.600. The van der Waals surface area contributed by atoms with Crippen LogP contribution in [0.15, 0.2) is 18.2 Å². The third-order valence-corrected chi connectivity index (χ3v) is 2.87. The second-order valence-electron chi connectivity index (χ2n) is 4.91. The Bertz CT molecular complexity index is 334. The van der Waals surface area contributed by atoms with E-state index in [0.29, 0.717) is 6.04 Å². The fourth-order valence-electron chi connectivity index (χ4n) is 1.61. The van der Waals surface area contributed by atoms with Gasteiger partial charge in [-0.15, -0.1) is 0 Å². The predicted octanol–water partition coefficient (Wildman–Crippen LogP) is 3.46. The summed E-state index contributed by atoms with van der Waals surface area (Å²) in [6.45, 7) is 10.5. The molecule has 96 valence electrons. The molecule has 2 heteroatoms. The minimum Gasteiger partial charge on any atom is -0.494 e. The maximum absolute atomic E-state index is 5.72. The summed E-state index contributed by atoms with van der Waals surface area (Å²) in [7, 11) is 0. The van der Waals surface area contributed by atoms with Gasteiger partial charge in [-0.25, -0.2) is 0 Å². The first-order valence-electron chi connectivity index (χ1n) is 6.53. The van der Waals surface area contributed by atoms with Crippen molar-refractivity contribution in [1.82, 2.24) is 5.32 Å². The standard InChI is InChI=1S/C15H25NO/c1-12(2)16-9-5-6-10-17-15-8-7-13(3)14(4)11-15/h7-8,11-12,16H,5-6,9-10H2,1-4H3. The number of rotatable bonds is 7. The van der Waals surface area contributed by atoms with E-state index in [4.69, 9.17) is 4.74 Å². The topological polar surface area (TPSA) is 21.3 Å². The normalized spacial score (nSPS) is 10.9. The zero-order valence-corrected chi connectivity index (χ0v) is 11.5. The number of hydrogen-bond donors (Lipinski definition) is 1. The second-order valence-corrected chi connectivity index (χ2v) is 4.91. The summed E-state index contributed by atoms with van der Waals surface area (Å²) < 4.78 is 5.72. The van der Waals surface area contributed by atoms with Gasteiger partial charge in [0.15, 0.2) is 0 Å². The summed E-state index contributed by atoms with van der Waals surface area (Å²) in [5, 5.41) is 3.41. The van der Waals surface area contributed by atoms with Crippen LogP contribution in [0, 0.1) is 13.8 Å². The van der Waals surface area contributed by atoms with Gasteiger partial charge in [0.2, 0.25) is 0 Å². The lowest BCUT2D eigenvalue weighted by Crippen LogP contribution is -2.23. The summed E-state index contributed by atoms with van der Waals surface area (Å²) in [6.07, 6.45) is 2.27. The third-order valence-electron chi connectivity index (χ3n) is 2.87. The number of benzene rings is 1. The van der Waals surface area contributed by atoms with Crippen molar-refractivity contribution in [1.29, 1.82) is 0 Å². The highest BCUT2D eigenvalue weighted by atomic mass is 16.5. The molecule has 0 atom stereocenters. The van der Waals surface area contributed by atoms with E-state index >= 15 is 0 Å². The molecule has 0 aliphatic carbocycles. The van der Waals surface area contributed by atoms with Crippen LogP contribution < -0.4 is 10.1 Å². The average molecular weight is 235 g/mol. The van der Waals surface area contributed by atoms with E-state index in [1.807, 2.05) is 0 Å². The molecule has 0 saturated heterocycles. The highest BCUT2D eigenvalue weighted by Gasteiger charge is 1.97. The van der Waals surface area contributed by atoms with Gasteiger partial charge in [0.05, 0.1) is 6.61 Å². The van der Waals surface area contributed by atoms with Crippen LogP contribution in [0.25, 0.3) is 0 Å². The second kappa shape index (κ2) is 7.33.